The molecule has 20 heavy (non-hydrogen) atoms. The van der Waals surface area contributed by atoms with Crippen LogP contribution < -0.4 is 5.32 Å². The second-order valence-electron chi connectivity index (χ2n) is 6.24. The molecule has 0 heterocycles. The molecule has 5 nitrogen and oxygen atoms in total. The van der Waals surface area contributed by atoms with Crippen molar-refractivity contribution in [2.24, 2.45) is 11.8 Å². The summed E-state index contributed by atoms with van der Waals surface area (Å²) in [5, 5.41) is 3.22. The van der Waals surface area contributed by atoms with Gasteiger partial charge in [0.2, 0.25) is 0 Å². The van der Waals surface area contributed by atoms with Crippen molar-refractivity contribution in [2.75, 3.05) is 47.5 Å². The van der Waals surface area contributed by atoms with Crippen LogP contribution in [-0.4, -0.2) is 63.9 Å². The summed E-state index contributed by atoms with van der Waals surface area (Å²) in [6.07, 6.45) is 4.84. The number of nitrogens with one attached hydrogen (secondary N) is 1. The molecular weight excluding hydrogens is 256 g/mol. The summed E-state index contributed by atoms with van der Waals surface area (Å²) in [7, 11) is 5.36. The number of hydrogen-bond acceptors (Lipinski definition) is 5. The summed E-state index contributed by atoms with van der Waals surface area (Å²) in [6.45, 7) is 3.15. The van der Waals surface area contributed by atoms with Gasteiger partial charge in [0.15, 0.2) is 0 Å². The summed E-state index contributed by atoms with van der Waals surface area (Å²) in [6, 6.07) is 0. The minimum Gasteiger partial charge on any atom is -0.468 e. The van der Waals surface area contributed by atoms with Crippen LogP contribution in [0.2, 0.25) is 0 Å². The van der Waals surface area contributed by atoms with Gasteiger partial charge in [-0.05, 0) is 51.6 Å². The van der Waals surface area contributed by atoms with Crippen molar-refractivity contribution in [3.05, 3.63) is 0 Å². The van der Waals surface area contributed by atoms with E-state index in [4.69, 9.17) is 9.47 Å². The van der Waals surface area contributed by atoms with Gasteiger partial charge in [0, 0.05) is 19.7 Å². The number of hydrogen-bond donors (Lipinski definition) is 1. The first-order chi connectivity index (χ1) is 9.62. The molecule has 0 amide bonds. The Morgan fingerprint density at radius 1 is 1.35 bits per heavy atom. The first-order valence-electron chi connectivity index (χ1n) is 7.66. The Labute approximate surface area is 122 Å². The summed E-state index contributed by atoms with van der Waals surface area (Å²) >= 11 is 0. The molecule has 2 rings (SSSR count). The third-order valence-electron chi connectivity index (χ3n) is 4.46. The first-order valence-corrected chi connectivity index (χ1v) is 7.66. The minimum atomic E-state index is -0.556. The van der Waals surface area contributed by atoms with Gasteiger partial charge < -0.3 is 19.7 Å². The number of esters is 1. The van der Waals surface area contributed by atoms with Gasteiger partial charge in [-0.3, -0.25) is 0 Å². The number of carbonyl (C=O) groups is 1. The highest BCUT2D eigenvalue weighted by atomic mass is 16.5. The SMILES string of the molecule is CNC(CN(C)CCOCC1CC1)(C(=O)OC)C1CC1. The predicted octanol–water partition coefficient (Wildman–Crippen LogP) is 0.886. The number of nitrogens with zero attached hydrogens (tertiary/aromatic N) is 1. The van der Waals surface area contributed by atoms with E-state index in [0.717, 1.165) is 38.5 Å². The smallest absolute Gasteiger partial charge is 0.327 e. The average Bonchev–Trinajstić information content (AvgIpc) is 3.31. The van der Waals surface area contributed by atoms with Gasteiger partial charge >= 0.3 is 5.97 Å². The Morgan fingerprint density at radius 2 is 2.05 bits per heavy atom. The monoisotopic (exact) mass is 284 g/mol. The van der Waals surface area contributed by atoms with Crippen LogP contribution in [0, 0.1) is 11.8 Å². The molecule has 0 aromatic heterocycles. The fourth-order valence-electron chi connectivity index (χ4n) is 2.76. The van der Waals surface area contributed by atoms with Crippen molar-refractivity contribution in [1.29, 1.82) is 0 Å². The molecule has 5 heteroatoms. The van der Waals surface area contributed by atoms with E-state index in [-0.39, 0.29) is 5.97 Å². The zero-order valence-corrected chi connectivity index (χ0v) is 13.0. The van der Waals surface area contributed by atoms with Crippen molar-refractivity contribution in [1.82, 2.24) is 10.2 Å². The molecule has 1 N–H and O–H groups in total. The Hall–Kier alpha value is -0.650. The number of likely N-dealkylation sites (N-methyl/N-ethyl adjacent to an activating group) is 2. The van der Waals surface area contributed by atoms with Crippen molar-refractivity contribution in [3.63, 3.8) is 0 Å². The number of ether oxygens (including phenoxy) is 2. The maximum Gasteiger partial charge on any atom is 0.327 e. The molecule has 2 fully saturated rings. The normalized spacial score (nSPS) is 21.8. The van der Waals surface area contributed by atoms with Crippen LogP contribution in [0.1, 0.15) is 25.7 Å². The van der Waals surface area contributed by atoms with E-state index in [9.17, 15) is 4.79 Å². The van der Waals surface area contributed by atoms with Gasteiger partial charge in [-0.1, -0.05) is 0 Å². The molecule has 0 bridgehead atoms. The average molecular weight is 284 g/mol. The maximum absolute atomic E-state index is 12.2. The summed E-state index contributed by atoms with van der Waals surface area (Å²) < 4.78 is 10.7. The molecule has 1 atom stereocenters. The molecule has 0 aromatic rings. The van der Waals surface area contributed by atoms with Crippen LogP contribution in [-0.2, 0) is 14.3 Å². The van der Waals surface area contributed by atoms with Crippen LogP contribution >= 0.6 is 0 Å². The van der Waals surface area contributed by atoms with Crippen LogP contribution in [0.25, 0.3) is 0 Å². The summed E-state index contributed by atoms with van der Waals surface area (Å²) in [5.74, 6) is 1.06. The Bertz CT molecular complexity index is 329. The van der Waals surface area contributed by atoms with Crippen molar-refractivity contribution in [2.45, 2.75) is 31.2 Å². The number of carbonyl (C=O) groups excluding carboxylic acids is 1. The lowest BCUT2D eigenvalue weighted by molar-refractivity contribution is -0.150. The van der Waals surface area contributed by atoms with Crippen LogP contribution in [0.3, 0.4) is 0 Å². The van der Waals surface area contributed by atoms with E-state index < -0.39 is 5.54 Å². The van der Waals surface area contributed by atoms with Gasteiger partial charge in [0.05, 0.1) is 13.7 Å². The summed E-state index contributed by atoms with van der Waals surface area (Å²) in [4.78, 5) is 14.3. The number of methoxy groups -OCH3 is 1. The first kappa shape index (κ1) is 15.7. The molecule has 0 aliphatic heterocycles. The van der Waals surface area contributed by atoms with E-state index in [0.29, 0.717) is 12.5 Å². The molecule has 1 unspecified atom stereocenters. The van der Waals surface area contributed by atoms with Gasteiger partial charge in [0.25, 0.3) is 0 Å². The van der Waals surface area contributed by atoms with Gasteiger partial charge in [-0.2, -0.15) is 0 Å². The molecule has 116 valence electrons. The van der Waals surface area contributed by atoms with E-state index >= 15 is 0 Å². The second-order valence-corrected chi connectivity index (χ2v) is 6.24. The van der Waals surface area contributed by atoms with E-state index in [1.165, 1.54) is 20.0 Å². The Morgan fingerprint density at radius 3 is 2.55 bits per heavy atom. The van der Waals surface area contributed by atoms with Crippen molar-refractivity contribution < 1.29 is 14.3 Å². The minimum absolute atomic E-state index is 0.145. The molecule has 0 saturated heterocycles. The maximum atomic E-state index is 12.2. The largest absolute Gasteiger partial charge is 0.468 e. The van der Waals surface area contributed by atoms with Crippen molar-refractivity contribution >= 4 is 5.97 Å². The Balaban J connectivity index is 1.78. The van der Waals surface area contributed by atoms with E-state index in [1.807, 2.05) is 14.1 Å². The van der Waals surface area contributed by atoms with E-state index in [2.05, 4.69) is 10.2 Å². The van der Waals surface area contributed by atoms with Gasteiger partial charge in [-0.25, -0.2) is 4.79 Å². The lowest BCUT2D eigenvalue weighted by Crippen LogP contribution is -2.59. The quantitative estimate of drug-likeness (QED) is 0.477. The van der Waals surface area contributed by atoms with Gasteiger partial charge in [0.1, 0.15) is 5.54 Å². The highest BCUT2D eigenvalue weighted by Gasteiger charge is 2.51. The molecule has 2 saturated carbocycles. The fourth-order valence-corrected chi connectivity index (χ4v) is 2.76. The second kappa shape index (κ2) is 6.87. The molecule has 0 aromatic carbocycles. The molecule has 2 aliphatic carbocycles. The predicted molar refractivity (Wildman–Crippen MR) is 77.6 cm³/mol. The standard InChI is InChI=1S/C15H28N2O3/c1-16-15(13-6-7-13,14(18)19-3)11-17(2)8-9-20-10-12-4-5-12/h12-13,16H,4-11H2,1-3H3. The molecular formula is C15H28N2O3. The zero-order valence-electron chi connectivity index (χ0n) is 13.0. The highest BCUT2D eigenvalue weighted by molar-refractivity contribution is 5.82. The molecule has 0 spiro atoms. The van der Waals surface area contributed by atoms with Crippen LogP contribution in [0.15, 0.2) is 0 Å². The third-order valence-corrected chi connectivity index (χ3v) is 4.46. The third kappa shape index (κ3) is 3.93. The topological polar surface area (TPSA) is 50.8 Å². The zero-order chi connectivity index (χ0) is 14.6. The fraction of sp³-hybridized carbons (Fsp3) is 0.933. The lowest BCUT2D eigenvalue weighted by Gasteiger charge is -2.34. The summed E-state index contributed by atoms with van der Waals surface area (Å²) in [5.41, 5.74) is -0.556. The van der Waals surface area contributed by atoms with Crippen molar-refractivity contribution in [3.8, 4) is 0 Å². The number of rotatable bonds is 10. The van der Waals surface area contributed by atoms with Gasteiger partial charge in [-0.15, -0.1) is 0 Å². The lowest BCUT2D eigenvalue weighted by atomic mass is 9.92. The molecule has 2 aliphatic rings. The molecule has 0 radical (unpaired) electrons. The van der Waals surface area contributed by atoms with E-state index in [1.54, 1.807) is 0 Å². The highest BCUT2D eigenvalue weighted by Crippen LogP contribution is 2.40. The Kier molecular flexibility index (Phi) is 5.41. The van der Waals surface area contributed by atoms with Crippen LogP contribution in [0.5, 0.6) is 0 Å². The van der Waals surface area contributed by atoms with Crippen LogP contribution in [0.4, 0.5) is 0 Å².